The molecule has 2 aliphatic heterocycles. The normalized spacial score (nSPS) is 13.4. The molecule has 0 fully saturated rings. The Hall–Kier alpha value is -13.9. The van der Waals surface area contributed by atoms with Gasteiger partial charge < -0.3 is 9.47 Å². The molecule has 6 nitrogen and oxygen atoms in total. The quantitative estimate of drug-likeness (QED) is 0.151. The molecule has 22 rings (SSSR count). The van der Waals surface area contributed by atoms with Gasteiger partial charge in [0.25, 0.3) is 0 Å². The van der Waals surface area contributed by atoms with Gasteiger partial charge in [-0.1, -0.05) is 309 Å². The van der Waals surface area contributed by atoms with Crippen LogP contribution in [0.15, 0.2) is 364 Å². The first-order valence-corrected chi connectivity index (χ1v) is 36.2. The molecule has 6 heteroatoms. The molecule has 0 N–H and O–H groups in total. The summed E-state index contributed by atoms with van der Waals surface area (Å²) in [6.07, 6.45) is 0. The molecule has 2 spiro atoms. The molecule has 4 aliphatic rings. The van der Waals surface area contributed by atoms with Crippen molar-refractivity contribution in [2.75, 3.05) is 0 Å². The molecule has 4 heterocycles. The van der Waals surface area contributed by atoms with Crippen molar-refractivity contribution in [3.8, 4) is 135 Å². The molecule has 0 saturated heterocycles. The maximum atomic E-state index is 7.45. The standard InChI is InChI=1S/C100H60N4O2/c1-2-21-61(22-3-1)62-43-45-64(46-44-62)95-80-51-47-67(57-90(80)102-98(103-95)72-28-19-26-66(56-72)68-48-52-86-92(58-68)105-91-42-17-15-40-85(91)99(86)81-36-11-6-30-74(81)75-31-7-12-37-82(75)99)70-50-54-88-94(60-70)106-93-59-69(49-53-87(93)100(88)83-38-13-8-32-76(83)77-33-9-14-39-84(77)100)65-25-18-27-71(55-65)97-101-89-41-16-10-34-79(89)96(104-97)78-35-20-24-63-23-4-5-29-73(63)78/h1-60H. The van der Waals surface area contributed by atoms with Crippen LogP contribution in [-0.2, 0) is 10.8 Å². The third-order valence-corrected chi connectivity index (χ3v) is 22.6. The van der Waals surface area contributed by atoms with Crippen LogP contribution in [0.5, 0.6) is 23.0 Å². The van der Waals surface area contributed by atoms with Crippen molar-refractivity contribution >= 4 is 32.6 Å². The molecule has 0 saturated carbocycles. The van der Waals surface area contributed by atoms with Crippen LogP contribution in [0, 0.1) is 0 Å². The molecule has 2 aliphatic carbocycles. The van der Waals surface area contributed by atoms with Crippen LogP contribution in [-0.4, -0.2) is 19.9 Å². The van der Waals surface area contributed by atoms with E-state index in [1.54, 1.807) is 0 Å². The van der Waals surface area contributed by atoms with Gasteiger partial charge in [-0.2, -0.15) is 0 Å². The summed E-state index contributed by atoms with van der Waals surface area (Å²) in [5, 5.41) is 4.28. The highest BCUT2D eigenvalue weighted by atomic mass is 16.5. The fraction of sp³-hybridized carbons (Fsp3) is 0.0200. The minimum absolute atomic E-state index is 0.555. The lowest BCUT2D eigenvalue weighted by molar-refractivity contribution is 0.436. The zero-order valence-corrected chi connectivity index (χ0v) is 57.2. The third-order valence-electron chi connectivity index (χ3n) is 22.6. The molecule has 0 atom stereocenters. The van der Waals surface area contributed by atoms with E-state index in [2.05, 4.69) is 364 Å². The fourth-order valence-electron chi connectivity index (χ4n) is 17.9. The van der Waals surface area contributed by atoms with E-state index >= 15 is 0 Å². The molecule has 18 aromatic rings. The van der Waals surface area contributed by atoms with Gasteiger partial charge in [-0.05, 0) is 154 Å². The van der Waals surface area contributed by atoms with Gasteiger partial charge in [-0.15, -0.1) is 0 Å². The van der Waals surface area contributed by atoms with Crippen LogP contribution in [0.25, 0.3) is 145 Å². The number of hydrogen-bond acceptors (Lipinski definition) is 6. The summed E-state index contributed by atoms with van der Waals surface area (Å²) in [5.41, 5.74) is 28.9. The summed E-state index contributed by atoms with van der Waals surface area (Å²) in [4.78, 5) is 21.7. The lowest BCUT2D eigenvalue weighted by atomic mass is 9.65. The SMILES string of the molecule is c1ccc(-c2ccc(-c3nc(-c4cccc(-c5ccc6c(c5)Oc5ccccc5C65c6ccccc6-c6ccccc65)c4)nc4cc(-c5ccc6c(c5)Oc5cc(-c7cccc(-c8nc(-c9cccc%10ccccc9%10)c9ccccc9n8)c7)ccc5C65c6ccccc6-c6ccccc65)ccc34)cc2)cc1. The Morgan fingerprint density at radius 3 is 1.13 bits per heavy atom. The summed E-state index contributed by atoms with van der Waals surface area (Å²) in [6.45, 7) is 0. The Labute approximate surface area is 612 Å². The average molecular weight is 1350 g/mol. The minimum atomic E-state index is -0.689. The van der Waals surface area contributed by atoms with E-state index < -0.39 is 10.8 Å². The number of ether oxygens (including phenoxy) is 2. The van der Waals surface area contributed by atoms with Gasteiger partial charge >= 0.3 is 0 Å². The summed E-state index contributed by atoms with van der Waals surface area (Å²) in [5.74, 6) is 4.56. The molecular formula is C100H60N4O2. The molecule has 0 bridgehead atoms. The molecular weight excluding hydrogens is 1290 g/mol. The van der Waals surface area contributed by atoms with Gasteiger partial charge in [0.15, 0.2) is 11.6 Å². The maximum absolute atomic E-state index is 7.45. The van der Waals surface area contributed by atoms with Crippen molar-refractivity contribution in [3.63, 3.8) is 0 Å². The van der Waals surface area contributed by atoms with E-state index in [0.717, 1.165) is 151 Å². The predicted octanol–water partition coefficient (Wildman–Crippen LogP) is 25.0. The molecule has 16 aromatic carbocycles. The predicted molar refractivity (Wildman–Crippen MR) is 428 cm³/mol. The highest BCUT2D eigenvalue weighted by Crippen LogP contribution is 2.65. The van der Waals surface area contributed by atoms with Crippen molar-refractivity contribution in [2.45, 2.75) is 10.8 Å². The fourth-order valence-corrected chi connectivity index (χ4v) is 17.9. The van der Waals surface area contributed by atoms with Gasteiger partial charge in [-0.25, -0.2) is 19.9 Å². The summed E-state index contributed by atoms with van der Waals surface area (Å²) >= 11 is 0. The highest BCUT2D eigenvalue weighted by Gasteiger charge is 2.53. The van der Waals surface area contributed by atoms with Crippen molar-refractivity contribution < 1.29 is 9.47 Å². The molecule has 492 valence electrons. The van der Waals surface area contributed by atoms with Gasteiger partial charge in [-0.3, -0.25) is 0 Å². The summed E-state index contributed by atoms with van der Waals surface area (Å²) in [6, 6.07) is 131. The second kappa shape index (κ2) is 23.3. The number of para-hydroxylation sites is 2. The van der Waals surface area contributed by atoms with E-state index in [1.165, 1.54) is 49.9 Å². The van der Waals surface area contributed by atoms with Crippen molar-refractivity contribution in [1.82, 2.24) is 19.9 Å². The number of nitrogens with zero attached hydrogens (tertiary/aromatic N) is 4. The largest absolute Gasteiger partial charge is 0.457 e. The Bertz CT molecular complexity index is 6640. The zero-order valence-electron chi connectivity index (χ0n) is 57.2. The van der Waals surface area contributed by atoms with Crippen molar-refractivity contribution in [1.29, 1.82) is 0 Å². The Morgan fingerprint density at radius 2 is 0.547 bits per heavy atom. The first-order valence-electron chi connectivity index (χ1n) is 36.2. The van der Waals surface area contributed by atoms with Crippen LogP contribution in [0.3, 0.4) is 0 Å². The third kappa shape index (κ3) is 8.92. The van der Waals surface area contributed by atoms with E-state index in [4.69, 9.17) is 29.4 Å². The Morgan fingerprint density at radius 1 is 0.189 bits per heavy atom. The van der Waals surface area contributed by atoms with Crippen molar-refractivity contribution in [3.05, 3.63) is 408 Å². The van der Waals surface area contributed by atoms with Crippen LogP contribution in [0.4, 0.5) is 0 Å². The molecule has 0 radical (unpaired) electrons. The summed E-state index contributed by atoms with van der Waals surface area (Å²) in [7, 11) is 0. The van der Waals surface area contributed by atoms with E-state index in [0.29, 0.717) is 11.6 Å². The second-order valence-corrected chi connectivity index (χ2v) is 28.2. The average Bonchev–Trinajstić information content (AvgIpc) is 1.50. The number of aromatic nitrogens is 4. The van der Waals surface area contributed by atoms with Crippen molar-refractivity contribution in [2.24, 2.45) is 0 Å². The number of fused-ring (bicyclic) bond motifs is 21. The molecule has 2 aromatic heterocycles. The number of rotatable bonds is 8. The monoisotopic (exact) mass is 1350 g/mol. The number of hydrogen-bond donors (Lipinski definition) is 0. The molecule has 0 unspecified atom stereocenters. The van der Waals surface area contributed by atoms with E-state index in [9.17, 15) is 0 Å². The molecule has 0 amide bonds. The lowest BCUT2D eigenvalue weighted by Crippen LogP contribution is -2.32. The molecule has 106 heavy (non-hydrogen) atoms. The van der Waals surface area contributed by atoms with Crippen LogP contribution >= 0.6 is 0 Å². The topological polar surface area (TPSA) is 70.0 Å². The van der Waals surface area contributed by atoms with Crippen LogP contribution < -0.4 is 9.47 Å². The maximum Gasteiger partial charge on any atom is 0.160 e. The van der Waals surface area contributed by atoms with E-state index in [-0.39, 0.29) is 0 Å². The van der Waals surface area contributed by atoms with Crippen LogP contribution in [0.2, 0.25) is 0 Å². The Kier molecular flexibility index (Phi) is 13.1. The first-order chi connectivity index (χ1) is 52.5. The van der Waals surface area contributed by atoms with Gasteiger partial charge in [0.05, 0.1) is 33.3 Å². The Balaban J connectivity index is 0.665. The van der Waals surface area contributed by atoms with Gasteiger partial charge in [0, 0.05) is 55.3 Å². The minimum Gasteiger partial charge on any atom is -0.457 e. The highest BCUT2D eigenvalue weighted by molar-refractivity contribution is 6.04. The first kappa shape index (κ1) is 59.7. The van der Waals surface area contributed by atoms with Crippen LogP contribution in [0.1, 0.15) is 44.5 Å². The smallest absolute Gasteiger partial charge is 0.160 e. The lowest BCUT2D eigenvalue weighted by Gasteiger charge is -2.39. The number of benzene rings is 16. The summed E-state index contributed by atoms with van der Waals surface area (Å²) < 4.78 is 14.5. The van der Waals surface area contributed by atoms with E-state index in [1.807, 2.05) is 0 Å². The van der Waals surface area contributed by atoms with Gasteiger partial charge in [0.2, 0.25) is 0 Å². The second-order valence-electron chi connectivity index (χ2n) is 28.2. The zero-order chi connectivity index (χ0) is 69.6. The van der Waals surface area contributed by atoms with Gasteiger partial charge in [0.1, 0.15) is 23.0 Å².